The largest absolute Gasteiger partial charge is 0.494 e. The third-order valence-electron chi connectivity index (χ3n) is 5.07. The fourth-order valence-corrected chi connectivity index (χ4v) is 3.29. The highest BCUT2D eigenvalue weighted by molar-refractivity contribution is 5.84. The van der Waals surface area contributed by atoms with E-state index < -0.39 is 11.6 Å². The van der Waals surface area contributed by atoms with Crippen LogP contribution < -0.4 is 4.74 Å². The maximum absolute atomic E-state index is 13.5. The van der Waals surface area contributed by atoms with Gasteiger partial charge in [-0.1, -0.05) is 55.5 Å². The minimum Gasteiger partial charge on any atom is -0.494 e. The number of halogens is 2. The molecule has 1 nitrogen and oxygen atoms in total. The first-order valence-corrected chi connectivity index (χ1v) is 10.4. The minimum atomic E-state index is -0.853. The zero-order chi connectivity index (χ0) is 21.6. The van der Waals surface area contributed by atoms with Gasteiger partial charge < -0.3 is 4.74 Å². The van der Waals surface area contributed by atoms with Crippen LogP contribution >= 0.6 is 0 Å². The van der Waals surface area contributed by atoms with Crippen LogP contribution in [0.15, 0.2) is 78.9 Å². The van der Waals surface area contributed by atoms with Crippen molar-refractivity contribution in [3.05, 3.63) is 102 Å². The van der Waals surface area contributed by atoms with Gasteiger partial charge in [0.05, 0.1) is 6.61 Å². The van der Waals surface area contributed by atoms with Gasteiger partial charge in [0.2, 0.25) is 0 Å². The minimum absolute atomic E-state index is 0.628. The first-order chi connectivity index (χ1) is 15.1. The topological polar surface area (TPSA) is 9.23 Å². The summed E-state index contributed by atoms with van der Waals surface area (Å²) in [5.74, 6) is 5.42. The number of fused-ring (bicyclic) bond motifs is 1. The Morgan fingerprint density at radius 3 is 1.94 bits per heavy atom. The van der Waals surface area contributed by atoms with E-state index in [1.807, 2.05) is 42.5 Å². The fourth-order valence-electron chi connectivity index (χ4n) is 3.29. The van der Waals surface area contributed by atoms with Crippen molar-refractivity contribution in [2.24, 2.45) is 0 Å². The second-order valence-corrected chi connectivity index (χ2v) is 7.38. The number of hydrogen-bond donors (Lipinski definition) is 0. The molecule has 4 rings (SSSR count). The maximum Gasteiger partial charge on any atom is 0.159 e. The molecule has 0 aliphatic carbocycles. The first kappa shape index (κ1) is 20.6. The Labute approximate surface area is 181 Å². The van der Waals surface area contributed by atoms with Gasteiger partial charge in [-0.2, -0.15) is 0 Å². The van der Waals surface area contributed by atoms with E-state index in [4.69, 9.17) is 4.74 Å². The Balaban J connectivity index is 1.47. The summed E-state index contributed by atoms with van der Waals surface area (Å²) in [4.78, 5) is 0. The van der Waals surface area contributed by atoms with Gasteiger partial charge in [-0.05, 0) is 76.9 Å². The van der Waals surface area contributed by atoms with Crippen LogP contribution in [-0.4, -0.2) is 6.61 Å². The van der Waals surface area contributed by atoms with E-state index in [1.54, 1.807) is 12.1 Å². The van der Waals surface area contributed by atoms with E-state index in [-0.39, 0.29) is 0 Å². The Bertz CT molecular complexity index is 1250. The zero-order valence-electron chi connectivity index (χ0n) is 17.3. The molecule has 154 valence electrons. The predicted molar refractivity (Wildman–Crippen MR) is 122 cm³/mol. The molecule has 0 saturated heterocycles. The maximum atomic E-state index is 13.5. The molecule has 0 saturated carbocycles. The molecule has 0 atom stereocenters. The second kappa shape index (κ2) is 9.45. The first-order valence-electron chi connectivity index (χ1n) is 10.4. The van der Waals surface area contributed by atoms with E-state index >= 15 is 0 Å². The number of ether oxygens (including phenoxy) is 1. The lowest BCUT2D eigenvalue weighted by Gasteiger charge is -2.07. The molecular weight excluding hydrogens is 390 g/mol. The van der Waals surface area contributed by atoms with E-state index in [0.717, 1.165) is 47.5 Å². The molecule has 0 aliphatic rings. The fraction of sp³-hybridized carbons (Fsp3) is 0.143. The SMILES string of the molecule is CCCCOc1ccc(-c2ccc(C#Cc3ccc4cc(F)c(F)cc4c3)cc2)cc1. The van der Waals surface area contributed by atoms with Gasteiger partial charge >= 0.3 is 0 Å². The average Bonchev–Trinajstić information content (AvgIpc) is 2.79. The quantitative estimate of drug-likeness (QED) is 0.246. The average molecular weight is 412 g/mol. The molecule has 0 N–H and O–H groups in total. The lowest BCUT2D eigenvalue weighted by Crippen LogP contribution is -1.95. The summed E-state index contributed by atoms with van der Waals surface area (Å²) in [5, 5.41) is 1.28. The molecule has 0 radical (unpaired) electrons. The molecule has 0 amide bonds. The summed E-state index contributed by atoms with van der Waals surface area (Å²) < 4.78 is 32.5. The lowest BCUT2D eigenvalue weighted by atomic mass is 10.0. The van der Waals surface area contributed by atoms with Crippen LogP contribution in [0.3, 0.4) is 0 Å². The number of benzene rings is 4. The van der Waals surface area contributed by atoms with Gasteiger partial charge in [0.25, 0.3) is 0 Å². The van der Waals surface area contributed by atoms with Gasteiger partial charge in [0, 0.05) is 11.1 Å². The molecule has 4 aromatic carbocycles. The lowest BCUT2D eigenvalue weighted by molar-refractivity contribution is 0.309. The van der Waals surface area contributed by atoms with Crippen LogP contribution in [0.5, 0.6) is 5.75 Å². The molecule has 31 heavy (non-hydrogen) atoms. The molecule has 4 aromatic rings. The van der Waals surface area contributed by atoms with E-state index in [2.05, 4.69) is 30.9 Å². The molecule has 0 unspecified atom stereocenters. The van der Waals surface area contributed by atoms with E-state index in [9.17, 15) is 8.78 Å². The number of rotatable bonds is 5. The highest BCUT2D eigenvalue weighted by Crippen LogP contribution is 2.23. The van der Waals surface area contributed by atoms with Gasteiger partial charge in [0.15, 0.2) is 11.6 Å². The Morgan fingerprint density at radius 1 is 0.677 bits per heavy atom. The summed E-state index contributed by atoms with van der Waals surface area (Å²) in [7, 11) is 0. The third-order valence-corrected chi connectivity index (χ3v) is 5.07. The van der Waals surface area contributed by atoms with Crippen LogP contribution in [0.1, 0.15) is 30.9 Å². The Morgan fingerprint density at radius 2 is 1.26 bits per heavy atom. The van der Waals surface area contributed by atoms with Crippen molar-refractivity contribution in [1.82, 2.24) is 0 Å². The van der Waals surface area contributed by atoms with Crippen molar-refractivity contribution >= 4 is 10.8 Å². The van der Waals surface area contributed by atoms with E-state index in [0.29, 0.717) is 10.8 Å². The zero-order valence-corrected chi connectivity index (χ0v) is 17.3. The standard InChI is InChI=1S/C28H22F2O/c1-2-3-16-31-26-14-12-23(13-15-26)22-9-6-20(7-10-22)4-5-21-8-11-24-18-27(29)28(30)19-25(24)17-21/h6-15,17-19H,2-3,16H2,1H3. The monoisotopic (exact) mass is 412 g/mol. The molecular formula is C28H22F2O. The Kier molecular flexibility index (Phi) is 6.29. The molecule has 3 heteroatoms. The van der Waals surface area contributed by atoms with Gasteiger partial charge in [0.1, 0.15) is 5.75 Å². The smallest absolute Gasteiger partial charge is 0.159 e. The van der Waals surface area contributed by atoms with Crippen molar-refractivity contribution in [1.29, 1.82) is 0 Å². The summed E-state index contributed by atoms with van der Waals surface area (Å²) in [6, 6.07) is 23.8. The van der Waals surface area contributed by atoms with Crippen molar-refractivity contribution in [2.45, 2.75) is 19.8 Å². The van der Waals surface area contributed by atoms with Crippen molar-refractivity contribution < 1.29 is 13.5 Å². The molecule has 0 spiro atoms. The highest BCUT2D eigenvalue weighted by atomic mass is 19.2. The van der Waals surface area contributed by atoms with Gasteiger partial charge in [-0.3, -0.25) is 0 Å². The second-order valence-electron chi connectivity index (χ2n) is 7.38. The van der Waals surface area contributed by atoms with Crippen molar-refractivity contribution in [3.63, 3.8) is 0 Å². The Hall–Kier alpha value is -3.64. The summed E-state index contributed by atoms with van der Waals surface area (Å²) in [5.41, 5.74) is 3.86. The van der Waals surface area contributed by atoms with Crippen molar-refractivity contribution in [3.8, 4) is 28.7 Å². The van der Waals surface area contributed by atoms with Gasteiger partial charge in [-0.15, -0.1) is 0 Å². The summed E-state index contributed by atoms with van der Waals surface area (Å²) in [6.45, 7) is 2.89. The van der Waals surface area contributed by atoms with Crippen molar-refractivity contribution in [2.75, 3.05) is 6.61 Å². The van der Waals surface area contributed by atoms with Crippen LogP contribution in [0, 0.1) is 23.5 Å². The molecule has 0 aromatic heterocycles. The van der Waals surface area contributed by atoms with Crippen LogP contribution in [0.25, 0.3) is 21.9 Å². The van der Waals surface area contributed by atoms with Crippen LogP contribution in [-0.2, 0) is 0 Å². The summed E-state index contributed by atoms with van der Waals surface area (Å²) in [6.07, 6.45) is 2.17. The number of hydrogen-bond acceptors (Lipinski definition) is 1. The molecule has 0 bridgehead atoms. The highest BCUT2D eigenvalue weighted by Gasteiger charge is 2.04. The molecule has 0 heterocycles. The third kappa shape index (κ3) is 5.10. The molecule has 0 aliphatic heterocycles. The van der Waals surface area contributed by atoms with E-state index in [1.165, 1.54) is 12.1 Å². The normalized spacial score (nSPS) is 10.5. The van der Waals surface area contributed by atoms with Crippen LogP contribution in [0.4, 0.5) is 8.78 Å². The summed E-state index contributed by atoms with van der Waals surface area (Å²) >= 11 is 0. The number of unbranched alkanes of at least 4 members (excludes halogenated alkanes) is 1. The molecule has 0 fully saturated rings. The van der Waals surface area contributed by atoms with Crippen LogP contribution in [0.2, 0.25) is 0 Å². The van der Waals surface area contributed by atoms with Gasteiger partial charge in [-0.25, -0.2) is 8.78 Å². The predicted octanol–water partition coefficient (Wildman–Crippen LogP) is 7.36.